The van der Waals surface area contributed by atoms with E-state index in [0.717, 1.165) is 19.4 Å². The number of halogens is 1. The lowest BCUT2D eigenvalue weighted by Crippen LogP contribution is -2.27. The molecule has 1 atom stereocenters. The van der Waals surface area contributed by atoms with Crippen LogP contribution < -0.4 is 10.6 Å². The average Bonchev–Trinajstić information content (AvgIpc) is 2.90. The van der Waals surface area contributed by atoms with E-state index in [0.29, 0.717) is 17.7 Å². The Labute approximate surface area is 131 Å². The molecule has 1 unspecified atom stereocenters. The third-order valence-electron chi connectivity index (χ3n) is 3.39. The topological polar surface area (TPSA) is 61.4 Å². The van der Waals surface area contributed by atoms with E-state index in [2.05, 4.69) is 10.6 Å². The fourth-order valence-corrected chi connectivity index (χ4v) is 2.35. The maximum absolute atomic E-state index is 11.9. The lowest BCUT2D eigenvalue weighted by atomic mass is 10.1. The predicted molar refractivity (Wildman–Crippen MR) is 86.0 cm³/mol. The van der Waals surface area contributed by atoms with Gasteiger partial charge in [0, 0.05) is 37.8 Å². The van der Waals surface area contributed by atoms with Gasteiger partial charge in [-0.05, 0) is 37.6 Å². The molecular formula is C15H22ClN3O2. The van der Waals surface area contributed by atoms with Gasteiger partial charge >= 0.3 is 0 Å². The van der Waals surface area contributed by atoms with Crippen LogP contribution in [0.15, 0.2) is 24.3 Å². The number of anilines is 1. The number of rotatable bonds is 4. The lowest BCUT2D eigenvalue weighted by molar-refractivity contribution is -0.116. The highest BCUT2D eigenvalue weighted by atomic mass is 35.5. The molecule has 1 aromatic carbocycles. The Hall–Kier alpha value is -1.59. The van der Waals surface area contributed by atoms with E-state index in [1.807, 2.05) is 0 Å². The summed E-state index contributed by atoms with van der Waals surface area (Å²) < 4.78 is 0. The van der Waals surface area contributed by atoms with Crippen molar-refractivity contribution in [2.24, 2.45) is 0 Å². The Balaban J connectivity index is 0.00000220. The van der Waals surface area contributed by atoms with Crippen molar-refractivity contribution < 1.29 is 9.59 Å². The van der Waals surface area contributed by atoms with Gasteiger partial charge in [-0.25, -0.2) is 0 Å². The molecule has 1 heterocycles. The van der Waals surface area contributed by atoms with Crippen LogP contribution in [0.2, 0.25) is 0 Å². The molecule has 1 aromatic rings. The molecule has 0 aliphatic carbocycles. The number of benzene rings is 1. The Morgan fingerprint density at radius 1 is 1.38 bits per heavy atom. The molecule has 21 heavy (non-hydrogen) atoms. The Bertz CT molecular complexity index is 499. The number of carbonyl (C=O) groups excluding carboxylic acids is 2. The molecule has 0 spiro atoms. The van der Waals surface area contributed by atoms with Crippen LogP contribution in [-0.4, -0.2) is 43.4 Å². The normalized spacial score (nSPS) is 17.0. The quantitative estimate of drug-likeness (QED) is 0.892. The first-order valence-electron chi connectivity index (χ1n) is 6.91. The summed E-state index contributed by atoms with van der Waals surface area (Å²) in [5.74, 6) is -0.0857. The summed E-state index contributed by atoms with van der Waals surface area (Å²) in [6.07, 6.45) is 2.66. The highest BCUT2D eigenvalue weighted by molar-refractivity contribution is 5.97. The minimum Gasteiger partial charge on any atom is -0.345 e. The molecule has 116 valence electrons. The van der Waals surface area contributed by atoms with E-state index in [1.165, 1.54) is 4.90 Å². The Kier molecular flexibility index (Phi) is 6.65. The minimum absolute atomic E-state index is 0. The Morgan fingerprint density at radius 3 is 2.76 bits per heavy atom. The molecule has 1 fully saturated rings. The van der Waals surface area contributed by atoms with Gasteiger partial charge in [-0.3, -0.25) is 9.59 Å². The molecule has 0 radical (unpaired) electrons. The van der Waals surface area contributed by atoms with E-state index in [9.17, 15) is 9.59 Å². The Morgan fingerprint density at radius 2 is 2.14 bits per heavy atom. The maximum Gasteiger partial charge on any atom is 0.253 e. The molecule has 0 aromatic heterocycles. The van der Waals surface area contributed by atoms with Crippen molar-refractivity contribution in [2.75, 3.05) is 26.0 Å². The molecule has 2 rings (SSSR count). The first-order chi connectivity index (χ1) is 9.56. The van der Waals surface area contributed by atoms with Gasteiger partial charge in [-0.2, -0.15) is 0 Å². The summed E-state index contributed by atoms with van der Waals surface area (Å²) in [6.45, 7) is 0.991. The van der Waals surface area contributed by atoms with Gasteiger partial charge in [-0.1, -0.05) is 6.07 Å². The van der Waals surface area contributed by atoms with Gasteiger partial charge in [0.2, 0.25) is 5.91 Å². The van der Waals surface area contributed by atoms with Crippen molar-refractivity contribution in [3.05, 3.63) is 29.8 Å². The molecule has 1 aliphatic heterocycles. The first kappa shape index (κ1) is 17.5. The number of amides is 2. The average molecular weight is 312 g/mol. The molecule has 6 heteroatoms. The molecule has 0 bridgehead atoms. The van der Waals surface area contributed by atoms with Crippen molar-refractivity contribution in [1.82, 2.24) is 10.2 Å². The van der Waals surface area contributed by atoms with Crippen molar-refractivity contribution in [3.63, 3.8) is 0 Å². The summed E-state index contributed by atoms with van der Waals surface area (Å²) in [5, 5.41) is 6.15. The van der Waals surface area contributed by atoms with Crippen molar-refractivity contribution in [2.45, 2.75) is 25.3 Å². The second kappa shape index (κ2) is 8.00. The molecule has 1 aliphatic rings. The zero-order valence-electron chi connectivity index (χ0n) is 12.4. The molecule has 5 nitrogen and oxygen atoms in total. The number of hydrogen-bond donors (Lipinski definition) is 2. The van der Waals surface area contributed by atoms with Gasteiger partial charge in [0.15, 0.2) is 0 Å². The predicted octanol–water partition coefficient (Wildman–Crippen LogP) is 1.89. The standard InChI is InChI=1S/C15H21N3O2.ClH/c1-18(2)15(20)11-5-3-6-13(9-11)17-14(19)10-12-7-4-8-16-12;/h3,5-6,9,12,16H,4,7-8,10H2,1-2H3,(H,17,19);1H. The lowest BCUT2D eigenvalue weighted by Gasteiger charge is -2.13. The van der Waals surface area contributed by atoms with Gasteiger partial charge < -0.3 is 15.5 Å². The van der Waals surface area contributed by atoms with Gasteiger partial charge in [-0.15, -0.1) is 12.4 Å². The van der Waals surface area contributed by atoms with Gasteiger partial charge in [0.1, 0.15) is 0 Å². The van der Waals surface area contributed by atoms with E-state index in [1.54, 1.807) is 38.4 Å². The largest absolute Gasteiger partial charge is 0.345 e. The summed E-state index contributed by atoms with van der Waals surface area (Å²) in [6, 6.07) is 7.31. The SMILES string of the molecule is CN(C)C(=O)c1cccc(NC(=O)CC2CCCN2)c1.Cl. The summed E-state index contributed by atoms with van der Waals surface area (Å²) >= 11 is 0. The summed E-state index contributed by atoms with van der Waals surface area (Å²) in [4.78, 5) is 25.3. The highest BCUT2D eigenvalue weighted by Gasteiger charge is 2.17. The summed E-state index contributed by atoms with van der Waals surface area (Å²) in [7, 11) is 3.42. The van der Waals surface area contributed by atoms with E-state index >= 15 is 0 Å². The number of hydrogen-bond acceptors (Lipinski definition) is 3. The zero-order valence-corrected chi connectivity index (χ0v) is 13.2. The fraction of sp³-hybridized carbons (Fsp3) is 0.467. The molecule has 2 N–H and O–H groups in total. The van der Waals surface area contributed by atoms with E-state index in [-0.39, 0.29) is 30.3 Å². The van der Waals surface area contributed by atoms with Crippen LogP contribution in [0.4, 0.5) is 5.69 Å². The van der Waals surface area contributed by atoms with Gasteiger partial charge in [0.25, 0.3) is 5.91 Å². The van der Waals surface area contributed by atoms with Crippen LogP contribution in [-0.2, 0) is 4.79 Å². The second-order valence-corrected chi connectivity index (χ2v) is 5.33. The van der Waals surface area contributed by atoms with Crippen LogP contribution in [0.1, 0.15) is 29.6 Å². The van der Waals surface area contributed by atoms with Crippen LogP contribution in [0.3, 0.4) is 0 Å². The van der Waals surface area contributed by atoms with Crippen molar-refractivity contribution >= 4 is 29.9 Å². The van der Waals surface area contributed by atoms with Crippen LogP contribution in [0.25, 0.3) is 0 Å². The number of nitrogens with zero attached hydrogens (tertiary/aromatic N) is 1. The third-order valence-corrected chi connectivity index (χ3v) is 3.39. The maximum atomic E-state index is 11.9. The van der Waals surface area contributed by atoms with E-state index in [4.69, 9.17) is 0 Å². The van der Waals surface area contributed by atoms with Gasteiger partial charge in [0.05, 0.1) is 0 Å². The zero-order chi connectivity index (χ0) is 14.5. The second-order valence-electron chi connectivity index (χ2n) is 5.33. The molecule has 1 saturated heterocycles. The minimum atomic E-state index is -0.0708. The van der Waals surface area contributed by atoms with Crippen LogP contribution >= 0.6 is 12.4 Å². The fourth-order valence-electron chi connectivity index (χ4n) is 2.35. The third kappa shape index (κ3) is 5.02. The van der Waals surface area contributed by atoms with Crippen LogP contribution in [0.5, 0.6) is 0 Å². The number of carbonyl (C=O) groups is 2. The van der Waals surface area contributed by atoms with Crippen molar-refractivity contribution in [1.29, 1.82) is 0 Å². The highest BCUT2D eigenvalue weighted by Crippen LogP contribution is 2.14. The first-order valence-corrected chi connectivity index (χ1v) is 6.91. The number of nitrogens with one attached hydrogen (secondary N) is 2. The summed E-state index contributed by atoms with van der Waals surface area (Å²) in [5.41, 5.74) is 1.24. The molecule has 2 amide bonds. The van der Waals surface area contributed by atoms with Crippen molar-refractivity contribution in [3.8, 4) is 0 Å². The molecule has 0 saturated carbocycles. The smallest absolute Gasteiger partial charge is 0.253 e. The monoisotopic (exact) mass is 311 g/mol. The molecular weight excluding hydrogens is 290 g/mol. The van der Waals surface area contributed by atoms with Crippen LogP contribution in [0, 0.1) is 0 Å². The van der Waals surface area contributed by atoms with E-state index < -0.39 is 0 Å².